The van der Waals surface area contributed by atoms with Gasteiger partial charge in [-0.2, -0.15) is 0 Å². The molecule has 0 aliphatic heterocycles. The van der Waals surface area contributed by atoms with Gasteiger partial charge in [0.25, 0.3) is 5.91 Å². The molecule has 0 unspecified atom stereocenters. The average molecular weight is 415 g/mol. The van der Waals surface area contributed by atoms with Crippen LogP contribution in [-0.4, -0.2) is 36.4 Å². The predicted octanol–water partition coefficient (Wildman–Crippen LogP) is 3.79. The molecule has 0 fully saturated rings. The molecule has 0 saturated heterocycles. The number of carbonyl (C=O) groups is 3. The fraction of sp³-hybridized carbons (Fsp3) is 0.348. The van der Waals surface area contributed by atoms with E-state index in [0.717, 1.165) is 6.07 Å². The van der Waals surface area contributed by atoms with Gasteiger partial charge in [0.2, 0.25) is 5.78 Å². The maximum Gasteiger partial charge on any atom is 0.329 e. The van der Waals surface area contributed by atoms with Crippen molar-refractivity contribution < 1.29 is 28.2 Å². The lowest BCUT2D eigenvalue weighted by Crippen LogP contribution is -2.47. The molecule has 160 valence electrons. The van der Waals surface area contributed by atoms with Crippen molar-refractivity contribution in [2.45, 2.75) is 39.8 Å². The number of hydrogen-bond acceptors (Lipinski definition) is 5. The highest BCUT2D eigenvalue weighted by atomic mass is 19.1. The number of amides is 1. The van der Waals surface area contributed by atoms with Gasteiger partial charge in [0.1, 0.15) is 17.6 Å². The second-order valence-electron chi connectivity index (χ2n) is 7.08. The molecule has 0 aromatic heterocycles. The van der Waals surface area contributed by atoms with Crippen LogP contribution in [0, 0.1) is 11.7 Å². The van der Waals surface area contributed by atoms with Crippen LogP contribution in [0.1, 0.15) is 48.4 Å². The van der Waals surface area contributed by atoms with Crippen LogP contribution in [0.4, 0.5) is 4.39 Å². The van der Waals surface area contributed by atoms with Crippen molar-refractivity contribution in [3.8, 4) is 5.75 Å². The fourth-order valence-electron chi connectivity index (χ4n) is 2.78. The fourth-order valence-corrected chi connectivity index (χ4v) is 2.78. The van der Waals surface area contributed by atoms with Crippen molar-refractivity contribution in [1.82, 2.24) is 5.32 Å². The van der Waals surface area contributed by atoms with E-state index in [1.165, 1.54) is 25.1 Å². The van der Waals surface area contributed by atoms with E-state index in [-0.39, 0.29) is 17.3 Å². The summed E-state index contributed by atoms with van der Waals surface area (Å²) in [5.74, 6) is -2.26. The summed E-state index contributed by atoms with van der Waals surface area (Å²) in [6.07, 6.45) is -1.05. The van der Waals surface area contributed by atoms with E-state index in [1.54, 1.807) is 38.1 Å². The van der Waals surface area contributed by atoms with Crippen LogP contribution in [0.5, 0.6) is 5.75 Å². The Morgan fingerprint density at radius 3 is 2.20 bits per heavy atom. The molecule has 7 heteroatoms. The number of benzene rings is 2. The van der Waals surface area contributed by atoms with Crippen LogP contribution in [0.25, 0.3) is 0 Å². The lowest BCUT2D eigenvalue weighted by Gasteiger charge is -2.23. The molecule has 0 radical (unpaired) electrons. The Morgan fingerprint density at radius 1 is 1.00 bits per heavy atom. The zero-order chi connectivity index (χ0) is 22.3. The first-order valence-corrected chi connectivity index (χ1v) is 9.77. The quantitative estimate of drug-likeness (QED) is 0.498. The monoisotopic (exact) mass is 415 g/mol. The Kier molecular flexibility index (Phi) is 8.09. The topological polar surface area (TPSA) is 81.7 Å². The lowest BCUT2D eigenvalue weighted by molar-refractivity contribution is -0.149. The molecule has 0 saturated carbocycles. The minimum Gasteiger partial charge on any atom is -0.494 e. The van der Waals surface area contributed by atoms with Crippen molar-refractivity contribution in [2.24, 2.45) is 5.92 Å². The first-order valence-electron chi connectivity index (χ1n) is 9.77. The number of hydrogen-bond donors (Lipinski definition) is 1. The molecule has 0 bridgehead atoms. The van der Waals surface area contributed by atoms with Crippen LogP contribution < -0.4 is 10.1 Å². The predicted molar refractivity (Wildman–Crippen MR) is 110 cm³/mol. The van der Waals surface area contributed by atoms with Gasteiger partial charge in [-0.05, 0) is 56.2 Å². The molecule has 2 aromatic carbocycles. The van der Waals surface area contributed by atoms with E-state index in [9.17, 15) is 18.8 Å². The van der Waals surface area contributed by atoms with Crippen LogP contribution in [0.3, 0.4) is 0 Å². The van der Waals surface area contributed by atoms with Gasteiger partial charge in [0.05, 0.1) is 12.2 Å². The largest absolute Gasteiger partial charge is 0.494 e. The summed E-state index contributed by atoms with van der Waals surface area (Å²) < 4.78 is 24.5. The van der Waals surface area contributed by atoms with Crippen molar-refractivity contribution in [2.75, 3.05) is 6.61 Å². The number of ketones is 1. The lowest BCUT2D eigenvalue weighted by atomic mass is 10.0. The third-order valence-electron chi connectivity index (χ3n) is 4.44. The Bertz CT molecular complexity index is 895. The molecule has 2 rings (SSSR count). The number of rotatable bonds is 9. The molecule has 2 atom stereocenters. The highest BCUT2D eigenvalue weighted by Crippen LogP contribution is 2.16. The van der Waals surface area contributed by atoms with Gasteiger partial charge >= 0.3 is 5.97 Å². The number of esters is 1. The minimum absolute atomic E-state index is 0.172. The molecule has 0 aliphatic carbocycles. The molecule has 0 heterocycles. The van der Waals surface area contributed by atoms with Crippen molar-refractivity contribution in [1.29, 1.82) is 0 Å². The number of halogens is 1. The number of nitrogens with one attached hydrogen (secondary N) is 1. The molecule has 1 amide bonds. The Hall–Kier alpha value is -3.22. The normalized spacial score (nSPS) is 12.7. The maximum atomic E-state index is 13.8. The molecule has 1 N–H and O–H groups in total. The van der Waals surface area contributed by atoms with Gasteiger partial charge in [-0.1, -0.05) is 26.0 Å². The second kappa shape index (κ2) is 10.5. The third kappa shape index (κ3) is 5.89. The highest BCUT2D eigenvalue weighted by Gasteiger charge is 2.30. The van der Waals surface area contributed by atoms with Crippen LogP contribution >= 0.6 is 0 Å². The highest BCUT2D eigenvalue weighted by molar-refractivity contribution is 6.01. The standard InChI is InChI=1S/C23H26FNO5/c1-5-29-17-12-10-16(11-13-17)21(26)15(4)30-23(28)20(14(2)3)25-22(27)18-8-6-7-9-19(18)24/h6-15,20H,5H2,1-4H3,(H,25,27)/t15-,20+/m1/s1. The summed E-state index contributed by atoms with van der Waals surface area (Å²) in [5.41, 5.74) is 0.199. The molecule has 6 nitrogen and oxygen atoms in total. The molecule has 2 aromatic rings. The van der Waals surface area contributed by atoms with Gasteiger partial charge in [-0.15, -0.1) is 0 Å². The van der Waals surface area contributed by atoms with Crippen LogP contribution in [-0.2, 0) is 9.53 Å². The summed E-state index contributed by atoms with van der Waals surface area (Å²) in [5, 5.41) is 2.50. The van der Waals surface area contributed by atoms with Gasteiger partial charge in [-0.3, -0.25) is 9.59 Å². The maximum absolute atomic E-state index is 13.8. The first kappa shape index (κ1) is 23.1. The second-order valence-corrected chi connectivity index (χ2v) is 7.08. The van der Waals surface area contributed by atoms with Crippen molar-refractivity contribution in [3.05, 3.63) is 65.5 Å². The first-order chi connectivity index (χ1) is 14.2. The summed E-state index contributed by atoms with van der Waals surface area (Å²) in [6.45, 7) is 7.26. The third-order valence-corrected chi connectivity index (χ3v) is 4.44. The van der Waals surface area contributed by atoms with Crippen molar-refractivity contribution >= 4 is 17.7 Å². The van der Waals surface area contributed by atoms with Gasteiger partial charge in [0.15, 0.2) is 6.10 Å². The van der Waals surface area contributed by atoms with Crippen LogP contribution in [0.2, 0.25) is 0 Å². The van der Waals surface area contributed by atoms with E-state index in [2.05, 4.69) is 5.32 Å². The van der Waals surface area contributed by atoms with E-state index < -0.39 is 29.8 Å². The minimum atomic E-state index is -1.05. The molecule has 0 aliphatic rings. The molecule has 30 heavy (non-hydrogen) atoms. The van der Waals surface area contributed by atoms with Gasteiger partial charge < -0.3 is 14.8 Å². The summed E-state index contributed by atoms with van der Waals surface area (Å²) >= 11 is 0. The number of carbonyl (C=O) groups excluding carboxylic acids is 3. The molecular formula is C23H26FNO5. The summed E-state index contributed by atoms with van der Waals surface area (Å²) in [4.78, 5) is 37.6. The van der Waals surface area contributed by atoms with Crippen molar-refractivity contribution in [3.63, 3.8) is 0 Å². The van der Waals surface area contributed by atoms with E-state index in [1.807, 2.05) is 6.92 Å². The zero-order valence-electron chi connectivity index (χ0n) is 17.5. The number of ether oxygens (including phenoxy) is 2. The Balaban J connectivity index is 2.05. The van der Waals surface area contributed by atoms with Crippen LogP contribution in [0.15, 0.2) is 48.5 Å². The molecular weight excluding hydrogens is 389 g/mol. The number of Topliss-reactive ketones (excluding diaryl/α,β-unsaturated/α-hetero) is 1. The van der Waals surface area contributed by atoms with E-state index >= 15 is 0 Å². The van der Waals surface area contributed by atoms with E-state index in [0.29, 0.717) is 17.9 Å². The molecule has 0 spiro atoms. The van der Waals surface area contributed by atoms with Gasteiger partial charge in [-0.25, -0.2) is 9.18 Å². The smallest absolute Gasteiger partial charge is 0.329 e. The Morgan fingerprint density at radius 2 is 1.63 bits per heavy atom. The van der Waals surface area contributed by atoms with E-state index in [4.69, 9.17) is 9.47 Å². The van der Waals surface area contributed by atoms with Gasteiger partial charge in [0, 0.05) is 5.56 Å². The SMILES string of the molecule is CCOc1ccc(C(=O)[C@@H](C)OC(=O)[C@@H](NC(=O)c2ccccc2F)C(C)C)cc1. The summed E-state index contributed by atoms with van der Waals surface area (Å²) in [6, 6.07) is 11.0. The summed E-state index contributed by atoms with van der Waals surface area (Å²) in [7, 11) is 0. The zero-order valence-corrected chi connectivity index (χ0v) is 17.5. The Labute approximate surface area is 175 Å². The average Bonchev–Trinajstić information content (AvgIpc) is 2.72.